The summed E-state index contributed by atoms with van der Waals surface area (Å²) in [5, 5.41) is 2.91. The van der Waals surface area contributed by atoms with Crippen LogP contribution in [0.3, 0.4) is 0 Å². The predicted molar refractivity (Wildman–Crippen MR) is 70.8 cm³/mol. The molecule has 1 aromatic carbocycles. The number of carbonyl (C=O) groups is 1. The second kappa shape index (κ2) is 7.91. The molecule has 0 aliphatic rings. The van der Waals surface area contributed by atoms with Gasteiger partial charge >= 0.3 is 0 Å². The Bertz CT molecular complexity index is 332. The number of anilines is 1. The molecule has 0 atom stereocenters. The maximum Gasteiger partial charge on any atom is 0.224 e. The minimum atomic E-state index is 0.0983. The van der Waals surface area contributed by atoms with E-state index in [1.165, 1.54) is 5.56 Å². The third-order valence-electron chi connectivity index (χ3n) is 2.36. The Morgan fingerprint density at radius 1 is 1.25 bits per heavy atom. The highest BCUT2D eigenvalue weighted by atomic mass is 16.1. The van der Waals surface area contributed by atoms with Gasteiger partial charge in [-0.15, -0.1) is 0 Å². The first-order valence-corrected chi connectivity index (χ1v) is 6.01. The van der Waals surface area contributed by atoms with Gasteiger partial charge in [-0.05, 0) is 37.5 Å². The molecule has 0 aliphatic heterocycles. The number of rotatable bonds is 3. The largest absolute Gasteiger partial charge is 0.326 e. The van der Waals surface area contributed by atoms with Crippen molar-refractivity contribution < 1.29 is 4.79 Å². The fraction of sp³-hybridized carbons (Fsp3) is 0.500. The molecule has 0 unspecified atom stereocenters. The minimum Gasteiger partial charge on any atom is -0.326 e. The second-order valence-corrected chi connectivity index (χ2v) is 3.55. The Kier molecular flexibility index (Phi) is 7.27. The summed E-state index contributed by atoms with van der Waals surface area (Å²) in [6.45, 7) is 10.1. The van der Waals surface area contributed by atoms with Crippen molar-refractivity contribution in [2.75, 3.05) is 5.32 Å². The Morgan fingerprint density at radius 3 is 2.44 bits per heavy atom. The van der Waals surface area contributed by atoms with Gasteiger partial charge in [-0.3, -0.25) is 4.79 Å². The molecule has 0 saturated heterocycles. The molecule has 0 heterocycles. The van der Waals surface area contributed by atoms with E-state index >= 15 is 0 Å². The zero-order valence-electron chi connectivity index (χ0n) is 11.1. The van der Waals surface area contributed by atoms with Crippen LogP contribution in [0.1, 0.15) is 44.7 Å². The van der Waals surface area contributed by atoms with Crippen LogP contribution in [0.25, 0.3) is 0 Å². The molecule has 0 saturated carbocycles. The molecular weight excluding hydrogens is 198 g/mol. The number of hydrogen-bond donors (Lipinski definition) is 1. The highest BCUT2D eigenvalue weighted by Gasteiger charge is 2.04. The third-order valence-corrected chi connectivity index (χ3v) is 2.36. The van der Waals surface area contributed by atoms with E-state index < -0.39 is 0 Å². The summed E-state index contributed by atoms with van der Waals surface area (Å²) in [5.41, 5.74) is 3.29. The van der Waals surface area contributed by atoms with Gasteiger partial charge in [0, 0.05) is 12.1 Å². The van der Waals surface area contributed by atoms with E-state index in [4.69, 9.17) is 0 Å². The Morgan fingerprint density at radius 2 is 1.88 bits per heavy atom. The van der Waals surface area contributed by atoms with Crippen molar-refractivity contribution in [1.82, 2.24) is 0 Å². The van der Waals surface area contributed by atoms with Gasteiger partial charge in [0.05, 0.1) is 0 Å². The molecule has 1 aromatic rings. The van der Waals surface area contributed by atoms with E-state index in [1.807, 2.05) is 52.8 Å². The monoisotopic (exact) mass is 221 g/mol. The molecule has 16 heavy (non-hydrogen) atoms. The average Bonchev–Trinajstić information content (AvgIpc) is 2.28. The van der Waals surface area contributed by atoms with Crippen LogP contribution < -0.4 is 5.32 Å². The van der Waals surface area contributed by atoms with Crippen LogP contribution in [0, 0.1) is 13.8 Å². The summed E-state index contributed by atoms with van der Waals surface area (Å²) >= 11 is 0. The molecule has 1 N–H and O–H groups in total. The summed E-state index contributed by atoms with van der Waals surface area (Å²) < 4.78 is 0. The molecule has 0 aromatic heterocycles. The quantitative estimate of drug-likeness (QED) is 0.819. The summed E-state index contributed by atoms with van der Waals surface area (Å²) in [6, 6.07) is 5.95. The number of aryl methyl sites for hydroxylation is 1. The van der Waals surface area contributed by atoms with Crippen LogP contribution in [0.4, 0.5) is 5.69 Å². The van der Waals surface area contributed by atoms with Crippen molar-refractivity contribution in [3.63, 3.8) is 0 Å². The van der Waals surface area contributed by atoms with Gasteiger partial charge in [0.25, 0.3) is 0 Å². The Hall–Kier alpha value is -1.31. The molecule has 0 bridgehead atoms. The summed E-state index contributed by atoms with van der Waals surface area (Å²) in [5.74, 6) is 0.0983. The normalized spacial score (nSPS) is 9.06. The Labute approximate surface area is 99.1 Å². The van der Waals surface area contributed by atoms with E-state index in [-0.39, 0.29) is 5.91 Å². The van der Waals surface area contributed by atoms with Crippen LogP contribution in [-0.2, 0) is 4.79 Å². The van der Waals surface area contributed by atoms with E-state index in [2.05, 4.69) is 5.32 Å². The van der Waals surface area contributed by atoms with Crippen molar-refractivity contribution in [2.45, 2.75) is 47.5 Å². The van der Waals surface area contributed by atoms with E-state index in [0.717, 1.165) is 17.7 Å². The second-order valence-electron chi connectivity index (χ2n) is 3.55. The highest BCUT2D eigenvalue weighted by molar-refractivity contribution is 5.91. The standard InChI is InChI=1S/C12H17NO.C2H6/c1-4-6-12(14)13-11-8-5-7-9(2)10(11)3;1-2/h5,7-8H,4,6H2,1-3H3,(H,13,14);1-2H3. The van der Waals surface area contributed by atoms with Crippen LogP contribution in [0.2, 0.25) is 0 Å². The fourth-order valence-electron chi connectivity index (χ4n) is 1.33. The van der Waals surface area contributed by atoms with Crippen molar-refractivity contribution in [2.24, 2.45) is 0 Å². The molecule has 0 spiro atoms. The zero-order chi connectivity index (χ0) is 12.6. The molecule has 90 valence electrons. The lowest BCUT2D eigenvalue weighted by molar-refractivity contribution is -0.116. The van der Waals surface area contributed by atoms with Gasteiger partial charge in [-0.25, -0.2) is 0 Å². The molecule has 0 radical (unpaired) electrons. The highest BCUT2D eigenvalue weighted by Crippen LogP contribution is 2.18. The van der Waals surface area contributed by atoms with Crippen LogP contribution in [0.15, 0.2) is 18.2 Å². The van der Waals surface area contributed by atoms with Crippen LogP contribution in [0.5, 0.6) is 0 Å². The smallest absolute Gasteiger partial charge is 0.224 e. The van der Waals surface area contributed by atoms with Gasteiger partial charge < -0.3 is 5.32 Å². The maximum absolute atomic E-state index is 11.4. The third kappa shape index (κ3) is 4.47. The number of hydrogen-bond acceptors (Lipinski definition) is 1. The van der Waals surface area contributed by atoms with E-state index in [9.17, 15) is 4.79 Å². The van der Waals surface area contributed by atoms with Crippen molar-refractivity contribution >= 4 is 11.6 Å². The van der Waals surface area contributed by atoms with Crippen LogP contribution in [-0.4, -0.2) is 5.91 Å². The molecular formula is C14H23NO. The van der Waals surface area contributed by atoms with E-state index in [0.29, 0.717) is 6.42 Å². The lowest BCUT2D eigenvalue weighted by Gasteiger charge is -2.09. The number of amides is 1. The van der Waals surface area contributed by atoms with Crippen molar-refractivity contribution in [1.29, 1.82) is 0 Å². The number of carbonyl (C=O) groups excluding carboxylic acids is 1. The minimum absolute atomic E-state index is 0.0983. The molecule has 1 amide bonds. The first kappa shape index (κ1) is 14.7. The Balaban J connectivity index is 0.00000106. The van der Waals surface area contributed by atoms with Gasteiger partial charge in [0.2, 0.25) is 5.91 Å². The van der Waals surface area contributed by atoms with Gasteiger partial charge in [-0.2, -0.15) is 0 Å². The first-order chi connectivity index (χ1) is 7.65. The maximum atomic E-state index is 11.4. The van der Waals surface area contributed by atoms with Gasteiger partial charge in [-0.1, -0.05) is 32.9 Å². The fourth-order valence-corrected chi connectivity index (χ4v) is 1.33. The number of nitrogens with one attached hydrogen (secondary N) is 1. The average molecular weight is 221 g/mol. The van der Waals surface area contributed by atoms with Crippen LogP contribution >= 0.6 is 0 Å². The molecule has 1 rings (SSSR count). The van der Waals surface area contributed by atoms with Gasteiger partial charge in [0.15, 0.2) is 0 Å². The molecule has 2 heteroatoms. The summed E-state index contributed by atoms with van der Waals surface area (Å²) in [4.78, 5) is 11.4. The molecule has 2 nitrogen and oxygen atoms in total. The topological polar surface area (TPSA) is 29.1 Å². The summed E-state index contributed by atoms with van der Waals surface area (Å²) in [6.07, 6.45) is 1.48. The lowest BCUT2D eigenvalue weighted by atomic mass is 10.1. The van der Waals surface area contributed by atoms with E-state index in [1.54, 1.807) is 0 Å². The summed E-state index contributed by atoms with van der Waals surface area (Å²) in [7, 11) is 0. The number of benzene rings is 1. The van der Waals surface area contributed by atoms with Crippen molar-refractivity contribution in [3.8, 4) is 0 Å². The molecule has 0 aliphatic carbocycles. The SMILES string of the molecule is CC.CCCC(=O)Nc1cccc(C)c1C. The van der Waals surface area contributed by atoms with Crippen molar-refractivity contribution in [3.05, 3.63) is 29.3 Å². The first-order valence-electron chi connectivity index (χ1n) is 6.01. The zero-order valence-corrected chi connectivity index (χ0v) is 11.1. The molecule has 0 fully saturated rings. The van der Waals surface area contributed by atoms with Gasteiger partial charge in [0.1, 0.15) is 0 Å². The predicted octanol–water partition coefficient (Wildman–Crippen LogP) is 4.07. The lowest BCUT2D eigenvalue weighted by Crippen LogP contribution is -2.11.